The van der Waals surface area contributed by atoms with Gasteiger partial charge in [0.2, 0.25) is 21.7 Å². The van der Waals surface area contributed by atoms with E-state index in [0.29, 0.717) is 55.9 Å². The molecule has 2 aromatic rings. The van der Waals surface area contributed by atoms with Gasteiger partial charge in [0.1, 0.15) is 0 Å². The van der Waals surface area contributed by atoms with Gasteiger partial charge in [-0.1, -0.05) is 30.1 Å². The molecule has 0 amide bonds. The van der Waals surface area contributed by atoms with Crippen molar-refractivity contribution in [2.45, 2.75) is 26.3 Å². The third kappa shape index (κ3) is 4.82. The van der Waals surface area contributed by atoms with Crippen LogP contribution in [-0.2, 0) is 16.6 Å². The van der Waals surface area contributed by atoms with E-state index in [9.17, 15) is 8.42 Å². The Hall–Kier alpha value is -1.48. The lowest BCUT2D eigenvalue weighted by molar-refractivity contribution is 0.163. The number of sulfonamides is 1. The smallest absolute Gasteiger partial charge is 0.241 e. The van der Waals surface area contributed by atoms with Gasteiger partial charge in [-0.2, -0.15) is 9.29 Å². The Kier molecular flexibility index (Phi) is 6.29. The second-order valence-corrected chi connectivity index (χ2v) is 8.89. The summed E-state index contributed by atoms with van der Waals surface area (Å²) in [7, 11) is -3.13. The highest BCUT2D eigenvalue weighted by molar-refractivity contribution is 7.89. The summed E-state index contributed by atoms with van der Waals surface area (Å²) in [5.41, 5.74) is 0.844. The van der Waals surface area contributed by atoms with Gasteiger partial charge in [0.15, 0.2) is 0 Å². The van der Waals surface area contributed by atoms with Crippen molar-refractivity contribution in [1.82, 2.24) is 19.3 Å². The van der Waals surface area contributed by atoms with E-state index < -0.39 is 10.0 Å². The van der Waals surface area contributed by atoms with E-state index in [1.807, 2.05) is 19.1 Å². The molecular formula is C17H23ClN4O3S. The second-order valence-electron chi connectivity index (χ2n) is 6.36. The maximum absolute atomic E-state index is 12.3. The molecule has 142 valence electrons. The van der Waals surface area contributed by atoms with E-state index in [2.05, 4.69) is 15.0 Å². The van der Waals surface area contributed by atoms with Crippen molar-refractivity contribution in [3.8, 4) is 11.4 Å². The molecule has 7 nitrogen and oxygen atoms in total. The number of halogens is 1. The number of nitrogens with zero attached hydrogens (tertiary/aromatic N) is 4. The zero-order valence-electron chi connectivity index (χ0n) is 14.8. The van der Waals surface area contributed by atoms with Gasteiger partial charge in [-0.3, -0.25) is 4.90 Å². The van der Waals surface area contributed by atoms with Crippen molar-refractivity contribution in [3.63, 3.8) is 0 Å². The second kappa shape index (κ2) is 8.47. The summed E-state index contributed by atoms with van der Waals surface area (Å²) in [5, 5.41) is 4.66. The standard InChI is InChI=1S/C17H23ClN4O3S/c1-2-3-12-26(23,24)22-10-8-21(9-11-22)13-16-19-17(20-25-16)14-4-6-15(18)7-5-14/h4-7H,2-3,8-13H2,1H3. The van der Waals surface area contributed by atoms with Gasteiger partial charge >= 0.3 is 0 Å². The molecule has 0 N–H and O–H groups in total. The van der Waals surface area contributed by atoms with Crippen LogP contribution in [0.25, 0.3) is 11.4 Å². The number of hydrogen-bond acceptors (Lipinski definition) is 6. The van der Waals surface area contributed by atoms with Crippen LogP contribution < -0.4 is 0 Å². The molecule has 26 heavy (non-hydrogen) atoms. The summed E-state index contributed by atoms with van der Waals surface area (Å²) in [6.07, 6.45) is 1.59. The molecular weight excluding hydrogens is 376 g/mol. The highest BCUT2D eigenvalue weighted by atomic mass is 35.5. The zero-order chi connectivity index (χ0) is 18.6. The first-order valence-corrected chi connectivity index (χ1v) is 10.8. The van der Waals surface area contributed by atoms with E-state index in [-0.39, 0.29) is 5.75 Å². The molecule has 1 saturated heterocycles. The lowest BCUT2D eigenvalue weighted by Gasteiger charge is -2.33. The lowest BCUT2D eigenvalue weighted by Crippen LogP contribution is -2.48. The first-order chi connectivity index (χ1) is 12.5. The zero-order valence-corrected chi connectivity index (χ0v) is 16.3. The topological polar surface area (TPSA) is 79.5 Å². The molecule has 2 heterocycles. The minimum Gasteiger partial charge on any atom is -0.338 e. The van der Waals surface area contributed by atoms with Crippen molar-refractivity contribution in [1.29, 1.82) is 0 Å². The number of piperazine rings is 1. The van der Waals surface area contributed by atoms with Crippen molar-refractivity contribution in [3.05, 3.63) is 35.2 Å². The third-order valence-electron chi connectivity index (χ3n) is 4.41. The Bertz CT molecular complexity index is 815. The van der Waals surface area contributed by atoms with Crippen LogP contribution in [0.3, 0.4) is 0 Å². The Balaban J connectivity index is 1.54. The van der Waals surface area contributed by atoms with Gasteiger partial charge in [-0.25, -0.2) is 8.42 Å². The molecule has 0 saturated carbocycles. The molecule has 9 heteroatoms. The quantitative estimate of drug-likeness (QED) is 0.713. The highest BCUT2D eigenvalue weighted by Gasteiger charge is 2.27. The van der Waals surface area contributed by atoms with Crippen LogP contribution in [0.15, 0.2) is 28.8 Å². The van der Waals surface area contributed by atoms with E-state index in [1.165, 1.54) is 0 Å². The minimum absolute atomic E-state index is 0.234. The van der Waals surface area contributed by atoms with Gasteiger partial charge in [0, 0.05) is 36.8 Å². The molecule has 0 bridgehead atoms. The fraction of sp³-hybridized carbons (Fsp3) is 0.529. The maximum atomic E-state index is 12.3. The number of benzene rings is 1. The Labute approximate surface area is 159 Å². The van der Waals surface area contributed by atoms with Crippen LogP contribution in [0.2, 0.25) is 5.02 Å². The summed E-state index contributed by atoms with van der Waals surface area (Å²) in [6, 6.07) is 7.25. The number of unbranched alkanes of at least 4 members (excludes halogenated alkanes) is 1. The molecule has 0 aliphatic carbocycles. The van der Waals surface area contributed by atoms with E-state index in [1.54, 1.807) is 16.4 Å². The first kappa shape index (κ1) is 19.3. The van der Waals surface area contributed by atoms with Crippen molar-refractivity contribution >= 4 is 21.6 Å². The predicted molar refractivity (Wildman–Crippen MR) is 100 cm³/mol. The summed E-state index contributed by atoms with van der Waals surface area (Å²) < 4.78 is 31.4. The molecule has 0 atom stereocenters. The number of hydrogen-bond donors (Lipinski definition) is 0. The third-order valence-corrected chi connectivity index (χ3v) is 6.62. The maximum Gasteiger partial charge on any atom is 0.241 e. The molecule has 1 fully saturated rings. The predicted octanol–water partition coefficient (Wildman–Crippen LogP) is 2.64. The van der Waals surface area contributed by atoms with Crippen LogP contribution in [0.1, 0.15) is 25.7 Å². The van der Waals surface area contributed by atoms with E-state index in [4.69, 9.17) is 16.1 Å². The van der Waals surface area contributed by atoms with Gasteiger partial charge in [-0.05, 0) is 30.7 Å². The Morgan fingerprint density at radius 1 is 1.15 bits per heavy atom. The fourth-order valence-corrected chi connectivity index (χ4v) is 4.61. The average molecular weight is 399 g/mol. The summed E-state index contributed by atoms with van der Waals surface area (Å²) >= 11 is 5.89. The van der Waals surface area contributed by atoms with Crippen molar-refractivity contribution in [2.75, 3.05) is 31.9 Å². The fourth-order valence-electron chi connectivity index (χ4n) is 2.85. The summed E-state index contributed by atoms with van der Waals surface area (Å²) in [6.45, 7) is 4.84. The average Bonchev–Trinajstić information content (AvgIpc) is 3.09. The van der Waals surface area contributed by atoms with Crippen molar-refractivity contribution in [2.24, 2.45) is 0 Å². The molecule has 3 rings (SSSR count). The Morgan fingerprint density at radius 2 is 1.85 bits per heavy atom. The van der Waals surface area contributed by atoms with Gasteiger partial charge < -0.3 is 4.52 Å². The number of rotatable bonds is 7. The summed E-state index contributed by atoms with van der Waals surface area (Å²) in [5.74, 6) is 1.28. The molecule has 0 spiro atoms. The number of aromatic nitrogens is 2. The van der Waals surface area contributed by atoms with Crippen molar-refractivity contribution < 1.29 is 12.9 Å². The summed E-state index contributed by atoms with van der Waals surface area (Å²) in [4.78, 5) is 6.55. The van der Waals surface area contributed by atoms with E-state index in [0.717, 1.165) is 12.0 Å². The minimum atomic E-state index is -3.13. The molecule has 1 aromatic carbocycles. The van der Waals surface area contributed by atoms with Crippen LogP contribution >= 0.6 is 11.6 Å². The van der Waals surface area contributed by atoms with Gasteiger partial charge in [0.05, 0.1) is 12.3 Å². The first-order valence-electron chi connectivity index (χ1n) is 8.76. The van der Waals surface area contributed by atoms with Gasteiger partial charge in [0.25, 0.3) is 0 Å². The SMILES string of the molecule is CCCCS(=O)(=O)N1CCN(Cc2nc(-c3ccc(Cl)cc3)no2)CC1. The van der Waals surface area contributed by atoms with Crippen LogP contribution in [0.4, 0.5) is 0 Å². The van der Waals surface area contributed by atoms with Crippen LogP contribution in [0.5, 0.6) is 0 Å². The molecule has 1 aliphatic rings. The molecule has 1 aliphatic heterocycles. The van der Waals surface area contributed by atoms with E-state index >= 15 is 0 Å². The molecule has 0 unspecified atom stereocenters. The van der Waals surface area contributed by atoms with Gasteiger partial charge in [-0.15, -0.1) is 0 Å². The monoisotopic (exact) mass is 398 g/mol. The normalized spacial score (nSPS) is 16.8. The van der Waals surface area contributed by atoms with Crippen LogP contribution in [0, 0.1) is 0 Å². The Morgan fingerprint density at radius 3 is 2.50 bits per heavy atom. The molecule has 0 radical (unpaired) electrons. The largest absolute Gasteiger partial charge is 0.338 e. The van der Waals surface area contributed by atoms with Crippen LogP contribution in [-0.4, -0.2) is 59.7 Å². The molecule has 1 aromatic heterocycles. The lowest BCUT2D eigenvalue weighted by atomic mass is 10.2. The highest BCUT2D eigenvalue weighted by Crippen LogP contribution is 2.19.